The van der Waals surface area contributed by atoms with Gasteiger partial charge in [-0.2, -0.15) is 5.10 Å². The minimum Gasteiger partial charge on any atom is -0.497 e. The molecule has 0 bridgehead atoms. The predicted molar refractivity (Wildman–Crippen MR) is 119 cm³/mol. The molecule has 1 amide bonds. The molecule has 1 aromatic heterocycles. The van der Waals surface area contributed by atoms with Gasteiger partial charge in [0.15, 0.2) is 0 Å². The third-order valence-electron chi connectivity index (χ3n) is 5.52. The fourth-order valence-electron chi connectivity index (χ4n) is 3.39. The normalized spacial score (nSPS) is 12.1. The van der Waals surface area contributed by atoms with Gasteiger partial charge in [0.2, 0.25) is 5.91 Å². The Kier molecular flexibility index (Phi) is 6.90. The van der Waals surface area contributed by atoms with Crippen LogP contribution < -0.4 is 10.1 Å². The monoisotopic (exact) mass is 406 g/mol. The number of aryl methyl sites for hydroxylation is 1. The van der Waals surface area contributed by atoms with E-state index in [-0.39, 0.29) is 11.9 Å². The van der Waals surface area contributed by atoms with Crippen LogP contribution in [0.5, 0.6) is 5.75 Å². The number of rotatable bonds is 8. The molecule has 0 fully saturated rings. The van der Waals surface area contributed by atoms with E-state index in [1.165, 1.54) is 0 Å². The second-order valence-corrected chi connectivity index (χ2v) is 7.55. The molecule has 1 heterocycles. The third-order valence-corrected chi connectivity index (χ3v) is 5.52. The van der Waals surface area contributed by atoms with E-state index in [2.05, 4.69) is 17.1 Å². The van der Waals surface area contributed by atoms with Crippen molar-refractivity contribution in [3.05, 3.63) is 77.1 Å². The fourth-order valence-corrected chi connectivity index (χ4v) is 3.39. The zero-order valence-electron chi connectivity index (χ0n) is 18.3. The van der Waals surface area contributed by atoms with Crippen LogP contribution in [0.3, 0.4) is 0 Å². The second kappa shape index (κ2) is 9.59. The van der Waals surface area contributed by atoms with Crippen molar-refractivity contribution in [2.75, 3.05) is 14.2 Å². The summed E-state index contributed by atoms with van der Waals surface area (Å²) in [7, 11) is 3.61. The molecule has 6 nitrogen and oxygen atoms in total. The molecular weight excluding hydrogens is 376 g/mol. The Labute approximate surface area is 178 Å². The summed E-state index contributed by atoms with van der Waals surface area (Å²) in [5.74, 6) is 0.805. The van der Waals surface area contributed by atoms with E-state index < -0.39 is 0 Å². The Balaban J connectivity index is 1.62. The SMILES string of the molecule is COc1ccc(CNC(=O)[C@@H](C)N(C)Cc2c(C)nn(-c3ccccc3)c2C)cc1. The average Bonchev–Trinajstić information content (AvgIpc) is 3.06. The quantitative estimate of drug-likeness (QED) is 0.621. The Morgan fingerprint density at radius 3 is 2.43 bits per heavy atom. The van der Waals surface area contributed by atoms with Crippen molar-refractivity contribution in [2.45, 2.75) is 39.9 Å². The number of aromatic nitrogens is 2. The molecule has 0 aliphatic carbocycles. The van der Waals surface area contributed by atoms with E-state index in [4.69, 9.17) is 9.84 Å². The zero-order valence-corrected chi connectivity index (χ0v) is 18.3. The summed E-state index contributed by atoms with van der Waals surface area (Å²) < 4.78 is 7.13. The van der Waals surface area contributed by atoms with Crippen molar-refractivity contribution >= 4 is 5.91 Å². The van der Waals surface area contributed by atoms with E-state index in [9.17, 15) is 4.79 Å². The lowest BCUT2D eigenvalue weighted by Gasteiger charge is -2.24. The molecule has 0 saturated carbocycles. The average molecular weight is 407 g/mol. The van der Waals surface area contributed by atoms with Gasteiger partial charge in [-0.05, 0) is 57.6 Å². The van der Waals surface area contributed by atoms with Crippen LogP contribution in [-0.4, -0.2) is 40.8 Å². The summed E-state index contributed by atoms with van der Waals surface area (Å²) in [5, 5.41) is 7.73. The topological polar surface area (TPSA) is 59.4 Å². The van der Waals surface area contributed by atoms with Gasteiger partial charge >= 0.3 is 0 Å². The van der Waals surface area contributed by atoms with Gasteiger partial charge in [0.05, 0.1) is 24.5 Å². The summed E-state index contributed by atoms with van der Waals surface area (Å²) in [5.41, 5.74) is 5.30. The third kappa shape index (κ3) is 4.89. The van der Waals surface area contributed by atoms with Crippen LogP contribution >= 0.6 is 0 Å². The van der Waals surface area contributed by atoms with Gasteiger partial charge in [-0.3, -0.25) is 9.69 Å². The molecular formula is C24H30N4O2. The Bertz CT molecular complexity index is 980. The molecule has 2 aromatic carbocycles. The number of nitrogens with zero attached hydrogens (tertiary/aromatic N) is 3. The predicted octanol–water partition coefficient (Wildman–Crippen LogP) is 3.63. The van der Waals surface area contributed by atoms with Crippen LogP contribution in [0.4, 0.5) is 0 Å². The lowest BCUT2D eigenvalue weighted by atomic mass is 10.1. The second-order valence-electron chi connectivity index (χ2n) is 7.55. The maximum absolute atomic E-state index is 12.7. The molecule has 0 aliphatic rings. The lowest BCUT2D eigenvalue weighted by molar-refractivity contribution is -0.125. The highest BCUT2D eigenvalue weighted by Gasteiger charge is 2.21. The molecule has 3 rings (SSSR count). The van der Waals surface area contributed by atoms with Crippen LogP contribution in [-0.2, 0) is 17.9 Å². The molecule has 30 heavy (non-hydrogen) atoms. The van der Waals surface area contributed by atoms with Gasteiger partial charge in [-0.1, -0.05) is 30.3 Å². The van der Waals surface area contributed by atoms with Gasteiger partial charge in [0, 0.05) is 24.3 Å². The molecule has 1 atom stereocenters. The molecule has 6 heteroatoms. The van der Waals surface area contributed by atoms with Gasteiger partial charge in [0.25, 0.3) is 0 Å². The molecule has 0 spiro atoms. The standard InChI is InChI=1S/C24H30N4O2/c1-17-23(18(2)28(26-17)21-9-7-6-8-10-21)16-27(4)19(3)24(29)25-15-20-11-13-22(30-5)14-12-20/h6-14,19H,15-16H2,1-5H3,(H,25,29)/t19-/m1/s1. The van der Waals surface area contributed by atoms with Crippen LogP contribution in [0.1, 0.15) is 29.4 Å². The highest BCUT2D eigenvalue weighted by atomic mass is 16.5. The minimum absolute atomic E-state index is 0.000856. The number of carbonyl (C=O) groups is 1. The Morgan fingerprint density at radius 2 is 1.80 bits per heavy atom. The van der Waals surface area contributed by atoms with Gasteiger partial charge < -0.3 is 10.1 Å². The van der Waals surface area contributed by atoms with Crippen LogP contribution in [0.2, 0.25) is 0 Å². The van der Waals surface area contributed by atoms with E-state index >= 15 is 0 Å². The van der Waals surface area contributed by atoms with Crippen molar-refractivity contribution in [3.8, 4) is 11.4 Å². The number of hydrogen-bond acceptors (Lipinski definition) is 4. The van der Waals surface area contributed by atoms with Gasteiger partial charge in [-0.25, -0.2) is 4.68 Å². The van der Waals surface area contributed by atoms with E-state index in [1.807, 2.05) is 80.2 Å². The Hall–Kier alpha value is -3.12. The van der Waals surface area contributed by atoms with E-state index in [0.29, 0.717) is 13.1 Å². The molecule has 158 valence electrons. The molecule has 0 unspecified atom stereocenters. The number of hydrogen-bond donors (Lipinski definition) is 1. The van der Waals surface area contributed by atoms with Gasteiger partial charge in [0.1, 0.15) is 5.75 Å². The smallest absolute Gasteiger partial charge is 0.237 e. The van der Waals surface area contributed by atoms with E-state index in [0.717, 1.165) is 34.0 Å². The summed E-state index contributed by atoms with van der Waals surface area (Å²) in [6.45, 7) is 7.16. The first-order valence-corrected chi connectivity index (χ1v) is 10.1. The minimum atomic E-state index is -0.262. The lowest BCUT2D eigenvalue weighted by Crippen LogP contribution is -2.42. The first-order chi connectivity index (χ1) is 14.4. The summed E-state index contributed by atoms with van der Waals surface area (Å²) in [6, 6.07) is 17.5. The highest BCUT2D eigenvalue weighted by Crippen LogP contribution is 2.20. The summed E-state index contributed by atoms with van der Waals surface area (Å²) >= 11 is 0. The number of ether oxygens (including phenoxy) is 1. The van der Waals surface area contributed by atoms with Crippen LogP contribution in [0, 0.1) is 13.8 Å². The number of para-hydroxylation sites is 1. The number of benzene rings is 2. The van der Waals surface area contributed by atoms with E-state index in [1.54, 1.807) is 7.11 Å². The maximum atomic E-state index is 12.7. The van der Waals surface area contributed by atoms with Crippen molar-refractivity contribution < 1.29 is 9.53 Å². The number of methoxy groups -OCH3 is 1. The van der Waals surface area contributed by atoms with Crippen molar-refractivity contribution in [1.82, 2.24) is 20.0 Å². The maximum Gasteiger partial charge on any atom is 0.237 e. The largest absolute Gasteiger partial charge is 0.497 e. The molecule has 1 N–H and O–H groups in total. The molecule has 0 radical (unpaired) electrons. The molecule has 0 aliphatic heterocycles. The summed E-state index contributed by atoms with van der Waals surface area (Å²) in [4.78, 5) is 14.7. The van der Waals surface area contributed by atoms with Crippen LogP contribution in [0.25, 0.3) is 5.69 Å². The molecule has 3 aromatic rings. The Morgan fingerprint density at radius 1 is 1.13 bits per heavy atom. The van der Waals surface area contributed by atoms with Crippen molar-refractivity contribution in [1.29, 1.82) is 0 Å². The molecule has 0 saturated heterocycles. The van der Waals surface area contributed by atoms with Crippen molar-refractivity contribution in [3.63, 3.8) is 0 Å². The van der Waals surface area contributed by atoms with Crippen molar-refractivity contribution in [2.24, 2.45) is 0 Å². The number of carbonyl (C=O) groups excluding carboxylic acids is 1. The van der Waals surface area contributed by atoms with Crippen LogP contribution in [0.15, 0.2) is 54.6 Å². The summed E-state index contributed by atoms with van der Waals surface area (Å²) in [6.07, 6.45) is 0. The zero-order chi connectivity index (χ0) is 21.7. The highest BCUT2D eigenvalue weighted by molar-refractivity contribution is 5.81. The first kappa shape index (κ1) is 21.6. The number of amides is 1. The van der Waals surface area contributed by atoms with Gasteiger partial charge in [-0.15, -0.1) is 0 Å². The first-order valence-electron chi connectivity index (χ1n) is 10.1. The fraction of sp³-hybridized carbons (Fsp3) is 0.333. The number of nitrogens with one attached hydrogen (secondary N) is 1. The number of likely N-dealkylation sites (N-methyl/N-ethyl adjacent to an activating group) is 1.